The van der Waals surface area contributed by atoms with Gasteiger partial charge in [0.15, 0.2) is 11.5 Å². The Morgan fingerprint density at radius 1 is 1.11 bits per heavy atom. The molecule has 0 fully saturated rings. The van der Waals surface area contributed by atoms with Crippen molar-refractivity contribution in [2.24, 2.45) is 0 Å². The average molecular weight is 398 g/mol. The van der Waals surface area contributed by atoms with E-state index in [1.165, 1.54) is 25.2 Å². The third kappa shape index (κ3) is 3.44. The van der Waals surface area contributed by atoms with Gasteiger partial charge < -0.3 is 15.2 Å². The van der Waals surface area contributed by atoms with Gasteiger partial charge in [0.1, 0.15) is 5.01 Å². The van der Waals surface area contributed by atoms with E-state index in [2.05, 4.69) is 36.1 Å². The van der Waals surface area contributed by atoms with Gasteiger partial charge in [0.05, 0.1) is 17.6 Å². The van der Waals surface area contributed by atoms with Gasteiger partial charge in [0, 0.05) is 13.8 Å². The molecule has 0 aliphatic carbocycles. The van der Waals surface area contributed by atoms with E-state index in [4.69, 9.17) is 4.63 Å². The highest BCUT2D eigenvalue weighted by atomic mass is 32.1. The summed E-state index contributed by atoms with van der Waals surface area (Å²) in [5.74, 6) is 0.122. The molecule has 3 heterocycles. The molecule has 0 aliphatic rings. The highest BCUT2D eigenvalue weighted by molar-refractivity contribution is 7.15. The van der Waals surface area contributed by atoms with Crippen LogP contribution in [-0.2, 0) is 16.1 Å². The monoisotopic (exact) mass is 398 g/mol. The second-order valence-corrected chi connectivity index (χ2v) is 6.90. The Morgan fingerprint density at radius 3 is 2.68 bits per heavy atom. The van der Waals surface area contributed by atoms with Crippen LogP contribution in [0.2, 0.25) is 0 Å². The van der Waals surface area contributed by atoms with Crippen LogP contribution >= 0.6 is 11.3 Å². The van der Waals surface area contributed by atoms with Crippen molar-refractivity contribution < 1.29 is 14.2 Å². The van der Waals surface area contributed by atoms with Crippen molar-refractivity contribution in [3.05, 3.63) is 29.3 Å². The molecule has 0 radical (unpaired) electrons. The molecule has 0 atom stereocenters. The van der Waals surface area contributed by atoms with E-state index < -0.39 is 0 Å². The van der Waals surface area contributed by atoms with Crippen molar-refractivity contribution >= 4 is 45.1 Å². The number of nitrogens with one attached hydrogen (secondary N) is 2. The van der Waals surface area contributed by atoms with Crippen LogP contribution in [0.25, 0.3) is 22.6 Å². The fraction of sp³-hybridized carbons (Fsp3) is 0.188. The lowest BCUT2D eigenvalue weighted by atomic mass is 10.3. The number of imidazole rings is 1. The lowest BCUT2D eigenvalue weighted by molar-refractivity contribution is -0.115. The van der Waals surface area contributed by atoms with Gasteiger partial charge in [-0.15, -0.1) is 10.2 Å². The molecule has 0 aliphatic heterocycles. The van der Waals surface area contributed by atoms with Crippen molar-refractivity contribution in [2.75, 3.05) is 10.6 Å². The fourth-order valence-electron chi connectivity index (χ4n) is 2.65. The molecule has 3 aromatic heterocycles. The first-order valence-corrected chi connectivity index (χ1v) is 8.98. The van der Waals surface area contributed by atoms with Gasteiger partial charge in [0.2, 0.25) is 22.8 Å². The van der Waals surface area contributed by atoms with Gasteiger partial charge >= 0.3 is 0 Å². The Labute approximate surface area is 161 Å². The summed E-state index contributed by atoms with van der Waals surface area (Å²) in [4.78, 5) is 27.2. The molecule has 2 N–H and O–H groups in total. The lowest BCUT2D eigenvalue weighted by Gasteiger charge is -2.06. The van der Waals surface area contributed by atoms with Gasteiger partial charge in [-0.05, 0) is 22.4 Å². The van der Waals surface area contributed by atoms with Crippen LogP contribution in [0.5, 0.6) is 0 Å². The van der Waals surface area contributed by atoms with Crippen LogP contribution < -0.4 is 10.6 Å². The number of carbonyl (C=O) groups excluding carboxylic acids is 2. The van der Waals surface area contributed by atoms with Crippen LogP contribution in [0.15, 0.2) is 28.9 Å². The molecule has 4 aromatic rings. The number of hydrogen-bond donors (Lipinski definition) is 2. The van der Waals surface area contributed by atoms with Crippen LogP contribution in [0, 0.1) is 0 Å². The minimum Gasteiger partial charge on any atom is -0.315 e. The molecule has 0 unspecified atom stereocenters. The van der Waals surface area contributed by atoms with E-state index in [1.807, 2.05) is 28.8 Å². The number of para-hydroxylation sites is 2. The maximum atomic E-state index is 11.4. The molecular formula is C16H14N8O3S. The van der Waals surface area contributed by atoms with Crippen LogP contribution in [-0.4, -0.2) is 41.9 Å². The first-order valence-electron chi connectivity index (χ1n) is 8.17. The van der Waals surface area contributed by atoms with Gasteiger partial charge in [0.25, 0.3) is 0 Å². The second-order valence-electron chi connectivity index (χ2n) is 5.84. The van der Waals surface area contributed by atoms with E-state index >= 15 is 0 Å². The predicted molar refractivity (Wildman–Crippen MR) is 101 cm³/mol. The Balaban J connectivity index is 1.78. The minimum absolute atomic E-state index is 0.181. The van der Waals surface area contributed by atoms with Crippen molar-refractivity contribution in [3.8, 4) is 11.5 Å². The largest absolute Gasteiger partial charge is 0.315 e. The maximum Gasteiger partial charge on any atom is 0.223 e. The zero-order valence-corrected chi connectivity index (χ0v) is 15.6. The molecule has 4 rings (SSSR count). The van der Waals surface area contributed by atoms with Crippen LogP contribution in [0.4, 0.5) is 10.9 Å². The summed E-state index contributed by atoms with van der Waals surface area (Å²) in [5, 5.41) is 22.0. The SMILES string of the molecule is CC(=O)Nc1nnc(Cn2c(-c3nonc3NC(C)=O)nc3ccccc32)s1. The molecule has 2 amide bonds. The standard InChI is InChI=1S/C16H14N8O3S/c1-8(25)17-14-13(22-27-23-14)15-19-10-5-3-4-6-11(10)24(15)7-12-20-21-16(28-12)18-9(2)26/h3-6H,7H2,1-2H3,(H,17,23,25)(H,18,21,26). The van der Waals surface area contributed by atoms with Gasteiger partial charge in [-0.25, -0.2) is 9.61 Å². The van der Waals surface area contributed by atoms with Crippen molar-refractivity contribution in [3.63, 3.8) is 0 Å². The van der Waals surface area contributed by atoms with E-state index in [-0.39, 0.29) is 17.6 Å². The molecule has 142 valence electrons. The Kier molecular flexibility index (Phi) is 4.53. The average Bonchev–Trinajstić information content (AvgIpc) is 3.34. The molecule has 0 spiro atoms. The highest BCUT2D eigenvalue weighted by Gasteiger charge is 2.22. The molecule has 12 heteroatoms. The predicted octanol–water partition coefficient (Wildman–Crippen LogP) is 1.90. The van der Waals surface area contributed by atoms with Crippen LogP contribution in [0.3, 0.4) is 0 Å². The number of benzene rings is 1. The van der Waals surface area contributed by atoms with Crippen molar-refractivity contribution in [2.45, 2.75) is 20.4 Å². The summed E-state index contributed by atoms with van der Waals surface area (Å²) in [6.07, 6.45) is 0. The first-order chi connectivity index (χ1) is 13.5. The highest BCUT2D eigenvalue weighted by Crippen LogP contribution is 2.29. The number of rotatable bonds is 5. The number of nitrogens with zero attached hydrogens (tertiary/aromatic N) is 6. The number of carbonyl (C=O) groups is 2. The Hall–Kier alpha value is -3.67. The zero-order chi connectivity index (χ0) is 19.7. The van der Waals surface area contributed by atoms with E-state index in [9.17, 15) is 9.59 Å². The summed E-state index contributed by atoms with van der Waals surface area (Å²) in [7, 11) is 0. The molecule has 0 bridgehead atoms. The molecule has 0 saturated carbocycles. The number of amides is 2. The van der Waals surface area contributed by atoms with E-state index in [1.54, 1.807) is 0 Å². The van der Waals surface area contributed by atoms with Crippen molar-refractivity contribution in [1.82, 2.24) is 30.1 Å². The van der Waals surface area contributed by atoms with E-state index in [0.717, 1.165) is 11.0 Å². The summed E-state index contributed by atoms with van der Waals surface area (Å²) in [6, 6.07) is 7.54. The summed E-state index contributed by atoms with van der Waals surface area (Å²) >= 11 is 1.26. The minimum atomic E-state index is -0.302. The molecule has 1 aromatic carbocycles. The summed E-state index contributed by atoms with van der Waals surface area (Å²) in [5.41, 5.74) is 1.88. The van der Waals surface area contributed by atoms with Crippen molar-refractivity contribution in [1.29, 1.82) is 0 Å². The molecule has 28 heavy (non-hydrogen) atoms. The normalized spacial score (nSPS) is 10.9. The number of aromatic nitrogens is 6. The number of anilines is 2. The van der Waals surface area contributed by atoms with Gasteiger partial charge in [-0.2, -0.15) is 0 Å². The summed E-state index contributed by atoms with van der Waals surface area (Å²) in [6.45, 7) is 3.11. The third-order valence-corrected chi connectivity index (χ3v) is 4.52. The van der Waals surface area contributed by atoms with Gasteiger partial charge in [-0.1, -0.05) is 23.5 Å². The Bertz CT molecular complexity index is 1180. The maximum absolute atomic E-state index is 11.4. The Morgan fingerprint density at radius 2 is 1.89 bits per heavy atom. The fourth-order valence-corrected chi connectivity index (χ4v) is 3.43. The first kappa shape index (κ1) is 17.7. The summed E-state index contributed by atoms with van der Waals surface area (Å²) < 4.78 is 6.68. The molecule has 0 saturated heterocycles. The number of hydrogen-bond acceptors (Lipinski definition) is 9. The zero-order valence-electron chi connectivity index (χ0n) is 14.8. The smallest absolute Gasteiger partial charge is 0.223 e. The van der Waals surface area contributed by atoms with Crippen LogP contribution in [0.1, 0.15) is 18.9 Å². The quantitative estimate of drug-likeness (QED) is 0.519. The third-order valence-electron chi connectivity index (χ3n) is 3.69. The number of fused-ring (bicyclic) bond motifs is 1. The lowest BCUT2D eigenvalue weighted by Crippen LogP contribution is -2.09. The second kappa shape index (κ2) is 7.15. The van der Waals surface area contributed by atoms with Gasteiger partial charge in [-0.3, -0.25) is 9.59 Å². The molecular weight excluding hydrogens is 384 g/mol. The van der Waals surface area contributed by atoms with E-state index in [0.29, 0.717) is 28.2 Å². The topological polar surface area (TPSA) is 141 Å². The molecule has 11 nitrogen and oxygen atoms in total.